The number of carbonyl (C=O) groups is 1. The Balaban J connectivity index is 1.62. The Bertz CT molecular complexity index is 868. The summed E-state index contributed by atoms with van der Waals surface area (Å²) in [4.78, 5) is 15.5. The predicted octanol–water partition coefficient (Wildman–Crippen LogP) is 4.88. The molecule has 4 rings (SSSR count). The predicted molar refractivity (Wildman–Crippen MR) is 120 cm³/mol. The summed E-state index contributed by atoms with van der Waals surface area (Å²) in [5.74, 6) is 0.812. The van der Waals surface area contributed by atoms with Crippen LogP contribution in [-0.2, 0) is 11.2 Å². The lowest BCUT2D eigenvalue weighted by Gasteiger charge is -2.46. The average Bonchev–Trinajstić information content (AvgIpc) is 3.10. The van der Waals surface area contributed by atoms with E-state index in [1.807, 2.05) is 0 Å². The lowest BCUT2D eigenvalue weighted by molar-refractivity contribution is -0.127. The second-order valence-electron chi connectivity index (χ2n) is 9.29. The quantitative estimate of drug-likeness (QED) is 0.679. The SMILES string of the molecule is CCCCCNC(=O)C1CC2c3cccc4c3c(cn4C(C)C)C[C@H]2N(CC)C1. The number of nitrogens with one attached hydrogen (secondary N) is 1. The van der Waals surface area contributed by atoms with Crippen LogP contribution in [-0.4, -0.2) is 41.1 Å². The van der Waals surface area contributed by atoms with Crippen LogP contribution in [0.1, 0.15) is 76.5 Å². The number of hydrogen-bond donors (Lipinski definition) is 1. The zero-order valence-corrected chi connectivity index (χ0v) is 18.6. The van der Waals surface area contributed by atoms with Crippen molar-refractivity contribution < 1.29 is 4.79 Å². The number of nitrogens with zero attached hydrogens (tertiary/aromatic N) is 2. The molecule has 1 aliphatic carbocycles. The first-order chi connectivity index (χ1) is 14.0. The number of piperidine rings is 1. The van der Waals surface area contributed by atoms with Crippen molar-refractivity contribution in [1.29, 1.82) is 0 Å². The first kappa shape index (κ1) is 20.5. The van der Waals surface area contributed by atoms with Gasteiger partial charge in [0.05, 0.1) is 5.92 Å². The molecule has 3 atom stereocenters. The topological polar surface area (TPSA) is 37.3 Å². The van der Waals surface area contributed by atoms with Gasteiger partial charge < -0.3 is 9.88 Å². The lowest BCUT2D eigenvalue weighted by atomic mass is 9.72. The van der Waals surface area contributed by atoms with E-state index < -0.39 is 0 Å². The van der Waals surface area contributed by atoms with Crippen LogP contribution in [0.3, 0.4) is 0 Å². The maximum absolute atomic E-state index is 12.9. The Morgan fingerprint density at radius 1 is 1.24 bits per heavy atom. The van der Waals surface area contributed by atoms with E-state index in [1.54, 1.807) is 0 Å². The molecule has 2 heterocycles. The van der Waals surface area contributed by atoms with Gasteiger partial charge in [-0.2, -0.15) is 0 Å². The number of hydrogen-bond acceptors (Lipinski definition) is 2. The normalized spacial score (nSPS) is 24.1. The van der Waals surface area contributed by atoms with Crippen LogP contribution in [0.4, 0.5) is 0 Å². The van der Waals surface area contributed by atoms with Gasteiger partial charge in [0.1, 0.15) is 0 Å². The number of fused-ring (bicyclic) bond motifs is 2. The highest BCUT2D eigenvalue weighted by molar-refractivity contribution is 5.89. The fourth-order valence-corrected chi connectivity index (χ4v) is 5.64. The minimum Gasteiger partial charge on any atom is -0.356 e. The number of benzene rings is 1. The Labute approximate surface area is 175 Å². The molecule has 0 spiro atoms. The van der Waals surface area contributed by atoms with E-state index in [4.69, 9.17) is 0 Å². The highest BCUT2D eigenvalue weighted by Crippen LogP contribution is 2.45. The first-order valence-electron chi connectivity index (χ1n) is 11.7. The van der Waals surface area contributed by atoms with Gasteiger partial charge in [0.25, 0.3) is 0 Å². The first-order valence-corrected chi connectivity index (χ1v) is 11.7. The molecule has 0 saturated carbocycles. The second-order valence-corrected chi connectivity index (χ2v) is 9.29. The Hall–Kier alpha value is -1.81. The molecule has 0 bridgehead atoms. The smallest absolute Gasteiger partial charge is 0.224 e. The number of amides is 1. The van der Waals surface area contributed by atoms with E-state index in [-0.39, 0.29) is 11.8 Å². The van der Waals surface area contributed by atoms with Gasteiger partial charge in [0, 0.05) is 48.2 Å². The van der Waals surface area contributed by atoms with Gasteiger partial charge in [-0.15, -0.1) is 0 Å². The molecule has 4 heteroatoms. The molecule has 1 aromatic carbocycles. The third kappa shape index (κ3) is 3.72. The van der Waals surface area contributed by atoms with Gasteiger partial charge in [-0.25, -0.2) is 0 Å². The molecule has 1 saturated heterocycles. The van der Waals surface area contributed by atoms with Crippen molar-refractivity contribution in [3.8, 4) is 0 Å². The number of aromatic nitrogens is 1. The van der Waals surface area contributed by atoms with Gasteiger partial charge in [-0.05, 0) is 56.8 Å². The summed E-state index contributed by atoms with van der Waals surface area (Å²) in [6.07, 6.45) is 7.94. The van der Waals surface area contributed by atoms with E-state index in [0.29, 0.717) is 18.0 Å². The third-order valence-electron chi connectivity index (χ3n) is 7.14. The summed E-state index contributed by atoms with van der Waals surface area (Å²) in [5, 5.41) is 4.68. The molecule has 1 aromatic heterocycles. The largest absolute Gasteiger partial charge is 0.356 e. The van der Waals surface area contributed by atoms with Crippen molar-refractivity contribution >= 4 is 16.8 Å². The Morgan fingerprint density at radius 2 is 2.07 bits per heavy atom. The minimum absolute atomic E-state index is 0.0989. The number of carbonyl (C=O) groups excluding carboxylic acids is 1. The van der Waals surface area contributed by atoms with E-state index in [2.05, 4.69) is 66.9 Å². The molecule has 1 fully saturated rings. The van der Waals surface area contributed by atoms with Crippen molar-refractivity contribution in [2.75, 3.05) is 19.6 Å². The summed E-state index contributed by atoms with van der Waals surface area (Å²) in [6, 6.07) is 7.78. The van der Waals surface area contributed by atoms with Gasteiger partial charge in [0.15, 0.2) is 0 Å². The van der Waals surface area contributed by atoms with Crippen LogP contribution in [0, 0.1) is 5.92 Å². The molecule has 0 radical (unpaired) electrons. The summed E-state index contributed by atoms with van der Waals surface area (Å²) >= 11 is 0. The van der Waals surface area contributed by atoms with Gasteiger partial charge in [-0.3, -0.25) is 9.69 Å². The van der Waals surface area contributed by atoms with E-state index in [1.165, 1.54) is 34.9 Å². The second kappa shape index (κ2) is 8.51. The molecular formula is C25H37N3O. The van der Waals surface area contributed by atoms with Crippen LogP contribution in [0.15, 0.2) is 24.4 Å². The van der Waals surface area contributed by atoms with E-state index >= 15 is 0 Å². The number of rotatable bonds is 7. The van der Waals surface area contributed by atoms with Gasteiger partial charge in [0.2, 0.25) is 5.91 Å². The number of likely N-dealkylation sites (N-methyl/N-ethyl adjacent to an activating group) is 1. The van der Waals surface area contributed by atoms with Crippen LogP contribution in [0.5, 0.6) is 0 Å². The van der Waals surface area contributed by atoms with Crippen molar-refractivity contribution in [3.05, 3.63) is 35.5 Å². The molecule has 2 aromatic rings. The molecular weight excluding hydrogens is 358 g/mol. The summed E-state index contributed by atoms with van der Waals surface area (Å²) in [5.41, 5.74) is 4.32. The minimum atomic E-state index is 0.0989. The lowest BCUT2D eigenvalue weighted by Crippen LogP contribution is -2.53. The maximum atomic E-state index is 12.9. The molecule has 158 valence electrons. The van der Waals surface area contributed by atoms with Crippen LogP contribution in [0.25, 0.3) is 10.9 Å². The molecule has 2 aliphatic rings. The molecule has 2 unspecified atom stereocenters. The van der Waals surface area contributed by atoms with Crippen LogP contribution < -0.4 is 5.32 Å². The third-order valence-corrected chi connectivity index (χ3v) is 7.14. The van der Waals surface area contributed by atoms with Gasteiger partial charge >= 0.3 is 0 Å². The molecule has 1 amide bonds. The molecule has 4 nitrogen and oxygen atoms in total. The highest BCUT2D eigenvalue weighted by atomic mass is 16.1. The fraction of sp³-hybridized carbons (Fsp3) is 0.640. The van der Waals surface area contributed by atoms with Crippen LogP contribution >= 0.6 is 0 Å². The van der Waals surface area contributed by atoms with Crippen molar-refractivity contribution in [2.45, 2.75) is 77.8 Å². The Kier molecular flexibility index (Phi) is 6.00. The van der Waals surface area contributed by atoms with Crippen molar-refractivity contribution in [1.82, 2.24) is 14.8 Å². The molecule has 1 N–H and O–H groups in total. The average molecular weight is 396 g/mol. The zero-order valence-electron chi connectivity index (χ0n) is 18.6. The summed E-state index contributed by atoms with van der Waals surface area (Å²) in [7, 11) is 0. The van der Waals surface area contributed by atoms with Crippen molar-refractivity contribution in [3.63, 3.8) is 0 Å². The number of likely N-dealkylation sites (tertiary alicyclic amines) is 1. The molecule has 1 aliphatic heterocycles. The maximum Gasteiger partial charge on any atom is 0.224 e. The summed E-state index contributed by atoms with van der Waals surface area (Å²) < 4.78 is 2.43. The summed E-state index contributed by atoms with van der Waals surface area (Å²) in [6.45, 7) is 11.7. The fourth-order valence-electron chi connectivity index (χ4n) is 5.64. The monoisotopic (exact) mass is 395 g/mol. The Morgan fingerprint density at radius 3 is 2.79 bits per heavy atom. The van der Waals surface area contributed by atoms with Crippen molar-refractivity contribution in [2.24, 2.45) is 5.92 Å². The highest BCUT2D eigenvalue weighted by Gasteiger charge is 2.42. The van der Waals surface area contributed by atoms with E-state index in [0.717, 1.165) is 38.9 Å². The van der Waals surface area contributed by atoms with Crippen LogP contribution in [0.2, 0.25) is 0 Å². The standard InChI is InChI=1S/C25H37N3O/c1-5-7-8-12-26-25(29)19-13-21-20-10-9-11-22-24(20)18(16-28(22)17(3)4)14-23(21)27(6-2)15-19/h9-11,16-17,19,21,23H,5-8,12-15H2,1-4H3,(H,26,29)/t19?,21?,23-/m1/s1. The zero-order chi connectivity index (χ0) is 20.5. The molecule has 29 heavy (non-hydrogen) atoms. The van der Waals surface area contributed by atoms with Gasteiger partial charge in [-0.1, -0.05) is 38.8 Å². The number of unbranched alkanes of at least 4 members (excludes halogenated alkanes) is 2. The van der Waals surface area contributed by atoms with E-state index in [9.17, 15) is 4.79 Å².